The molecule has 2 rings (SSSR count). The molecule has 0 aromatic heterocycles. The van der Waals surface area contributed by atoms with E-state index in [1.807, 2.05) is 37.3 Å². The van der Waals surface area contributed by atoms with Crippen molar-refractivity contribution < 1.29 is 9.53 Å². The van der Waals surface area contributed by atoms with Crippen molar-refractivity contribution in [3.8, 4) is 0 Å². The van der Waals surface area contributed by atoms with Gasteiger partial charge in [0, 0.05) is 0 Å². The number of hydrogen-bond donors (Lipinski definition) is 1. The second-order valence-corrected chi connectivity index (χ2v) is 3.66. The number of nitrogens with one attached hydrogen (secondary N) is 1. The smallest absolute Gasteiger partial charge is 0.246 e. The highest BCUT2D eigenvalue weighted by Crippen LogP contribution is 2.25. The lowest BCUT2D eigenvalue weighted by Crippen LogP contribution is -2.48. The zero-order valence-electron chi connectivity index (χ0n) is 8.12. The monoisotopic (exact) mass is 191 g/mol. The molecule has 0 bridgehead atoms. The fourth-order valence-electron chi connectivity index (χ4n) is 1.57. The quantitative estimate of drug-likeness (QED) is 0.720. The molecule has 1 heterocycles. The summed E-state index contributed by atoms with van der Waals surface area (Å²) in [6, 6.07) is 9.93. The van der Waals surface area contributed by atoms with Crippen molar-refractivity contribution in [1.82, 2.24) is 5.32 Å². The number of hydrogen-bond acceptors (Lipinski definition) is 2. The average Bonchev–Trinajstić information content (AvgIpc) is 2.24. The number of carbonyl (C=O) groups is 1. The van der Waals surface area contributed by atoms with Gasteiger partial charge >= 0.3 is 0 Å². The molecule has 1 atom stereocenters. The second-order valence-electron chi connectivity index (χ2n) is 3.66. The van der Waals surface area contributed by atoms with Crippen LogP contribution in [0.2, 0.25) is 0 Å². The maximum Gasteiger partial charge on any atom is 0.246 e. The van der Waals surface area contributed by atoms with E-state index in [0.29, 0.717) is 6.54 Å². The van der Waals surface area contributed by atoms with Gasteiger partial charge in [0.05, 0.1) is 6.54 Å². The highest BCUT2D eigenvalue weighted by atomic mass is 16.5. The molecule has 1 amide bonds. The molecule has 0 aliphatic carbocycles. The van der Waals surface area contributed by atoms with Gasteiger partial charge in [-0.25, -0.2) is 0 Å². The first-order valence-corrected chi connectivity index (χ1v) is 4.67. The molecule has 14 heavy (non-hydrogen) atoms. The highest BCUT2D eigenvalue weighted by Gasteiger charge is 2.32. The molecule has 1 unspecified atom stereocenters. The van der Waals surface area contributed by atoms with Gasteiger partial charge in [-0.05, 0) is 12.5 Å². The van der Waals surface area contributed by atoms with E-state index < -0.39 is 0 Å². The Kier molecular flexibility index (Phi) is 2.25. The Labute approximate surface area is 83.1 Å². The first-order chi connectivity index (χ1) is 6.71. The van der Waals surface area contributed by atoms with Crippen LogP contribution < -0.4 is 5.32 Å². The molecule has 0 spiro atoms. The van der Waals surface area contributed by atoms with E-state index in [1.54, 1.807) is 0 Å². The van der Waals surface area contributed by atoms with Gasteiger partial charge in [0.15, 0.2) is 0 Å². The van der Waals surface area contributed by atoms with Crippen molar-refractivity contribution in [2.24, 2.45) is 0 Å². The van der Waals surface area contributed by atoms with E-state index in [1.165, 1.54) is 0 Å². The summed E-state index contributed by atoms with van der Waals surface area (Å²) < 4.78 is 5.55. The van der Waals surface area contributed by atoms with E-state index in [9.17, 15) is 4.79 Å². The van der Waals surface area contributed by atoms with Crippen LogP contribution in [0.4, 0.5) is 0 Å². The third kappa shape index (κ3) is 1.63. The van der Waals surface area contributed by atoms with Gasteiger partial charge in [0.1, 0.15) is 12.2 Å². The lowest BCUT2D eigenvalue weighted by atomic mass is 9.95. The summed E-state index contributed by atoms with van der Waals surface area (Å²) in [5, 5.41) is 2.81. The van der Waals surface area contributed by atoms with E-state index >= 15 is 0 Å². The average molecular weight is 191 g/mol. The third-order valence-electron chi connectivity index (χ3n) is 2.53. The fraction of sp³-hybridized carbons (Fsp3) is 0.364. The van der Waals surface area contributed by atoms with Crippen LogP contribution in [0.1, 0.15) is 12.5 Å². The van der Waals surface area contributed by atoms with Gasteiger partial charge in [-0.1, -0.05) is 30.3 Å². The van der Waals surface area contributed by atoms with Gasteiger partial charge in [-0.15, -0.1) is 0 Å². The standard InChI is InChI=1S/C11H13NO2/c1-11(8-12-10(13)7-14-11)9-5-3-2-4-6-9/h2-6H,7-8H2,1H3,(H,12,13). The normalized spacial score (nSPS) is 27.1. The summed E-state index contributed by atoms with van der Waals surface area (Å²) in [6.45, 7) is 2.67. The Morgan fingerprint density at radius 1 is 1.36 bits per heavy atom. The zero-order valence-corrected chi connectivity index (χ0v) is 8.12. The largest absolute Gasteiger partial charge is 0.359 e. The molecule has 74 valence electrons. The van der Waals surface area contributed by atoms with Crippen LogP contribution in [-0.2, 0) is 15.1 Å². The molecule has 1 aromatic rings. The topological polar surface area (TPSA) is 38.3 Å². The molecular weight excluding hydrogens is 178 g/mol. The minimum atomic E-state index is -0.380. The van der Waals surface area contributed by atoms with Gasteiger partial charge in [-0.2, -0.15) is 0 Å². The summed E-state index contributed by atoms with van der Waals surface area (Å²) in [7, 11) is 0. The maximum atomic E-state index is 10.9. The molecule has 0 radical (unpaired) electrons. The summed E-state index contributed by atoms with van der Waals surface area (Å²) in [5.74, 6) is -0.0431. The predicted octanol–water partition coefficient (Wildman–Crippen LogP) is 1.05. The van der Waals surface area contributed by atoms with Crippen molar-refractivity contribution in [3.05, 3.63) is 35.9 Å². The first kappa shape index (κ1) is 9.21. The Morgan fingerprint density at radius 3 is 2.64 bits per heavy atom. The van der Waals surface area contributed by atoms with Gasteiger partial charge in [-0.3, -0.25) is 4.79 Å². The lowest BCUT2D eigenvalue weighted by molar-refractivity contribution is -0.142. The maximum absolute atomic E-state index is 10.9. The second kappa shape index (κ2) is 3.42. The van der Waals surface area contributed by atoms with Crippen LogP contribution in [0, 0.1) is 0 Å². The van der Waals surface area contributed by atoms with Crippen molar-refractivity contribution in [1.29, 1.82) is 0 Å². The molecule has 1 aliphatic rings. The minimum Gasteiger partial charge on any atom is -0.359 e. The molecular formula is C11H13NO2. The van der Waals surface area contributed by atoms with Crippen molar-refractivity contribution in [3.63, 3.8) is 0 Å². The van der Waals surface area contributed by atoms with Crippen molar-refractivity contribution >= 4 is 5.91 Å². The number of morpholine rings is 1. The van der Waals surface area contributed by atoms with E-state index in [0.717, 1.165) is 5.56 Å². The van der Waals surface area contributed by atoms with Crippen LogP contribution in [-0.4, -0.2) is 19.1 Å². The highest BCUT2D eigenvalue weighted by molar-refractivity contribution is 5.78. The SMILES string of the molecule is CC1(c2ccccc2)CNC(=O)CO1. The molecule has 0 saturated carbocycles. The lowest BCUT2D eigenvalue weighted by Gasteiger charge is -2.34. The molecule has 1 fully saturated rings. The third-order valence-corrected chi connectivity index (χ3v) is 2.53. The summed E-state index contributed by atoms with van der Waals surface area (Å²) in [5.41, 5.74) is 0.717. The summed E-state index contributed by atoms with van der Waals surface area (Å²) in [6.07, 6.45) is 0. The first-order valence-electron chi connectivity index (χ1n) is 4.67. The Bertz CT molecular complexity index is 324. The molecule has 1 aliphatic heterocycles. The van der Waals surface area contributed by atoms with Crippen LogP contribution in [0.3, 0.4) is 0 Å². The van der Waals surface area contributed by atoms with Crippen molar-refractivity contribution in [2.45, 2.75) is 12.5 Å². The number of benzene rings is 1. The molecule has 3 heteroatoms. The predicted molar refractivity (Wildman–Crippen MR) is 52.8 cm³/mol. The van der Waals surface area contributed by atoms with Gasteiger partial charge < -0.3 is 10.1 Å². The number of amides is 1. The molecule has 3 nitrogen and oxygen atoms in total. The van der Waals surface area contributed by atoms with Gasteiger partial charge in [0.25, 0.3) is 0 Å². The Hall–Kier alpha value is -1.35. The number of ether oxygens (including phenoxy) is 1. The zero-order chi connectivity index (χ0) is 10.0. The number of rotatable bonds is 1. The van der Waals surface area contributed by atoms with Crippen LogP contribution >= 0.6 is 0 Å². The Balaban J connectivity index is 2.21. The Morgan fingerprint density at radius 2 is 2.07 bits per heavy atom. The van der Waals surface area contributed by atoms with E-state index in [-0.39, 0.29) is 18.1 Å². The van der Waals surface area contributed by atoms with Crippen LogP contribution in [0.15, 0.2) is 30.3 Å². The molecule has 1 aromatic carbocycles. The number of carbonyl (C=O) groups excluding carboxylic acids is 1. The van der Waals surface area contributed by atoms with Crippen LogP contribution in [0.25, 0.3) is 0 Å². The van der Waals surface area contributed by atoms with E-state index in [4.69, 9.17) is 4.74 Å². The summed E-state index contributed by atoms with van der Waals surface area (Å²) in [4.78, 5) is 10.9. The summed E-state index contributed by atoms with van der Waals surface area (Å²) >= 11 is 0. The van der Waals surface area contributed by atoms with Crippen molar-refractivity contribution in [2.75, 3.05) is 13.2 Å². The van der Waals surface area contributed by atoms with E-state index in [2.05, 4.69) is 5.32 Å². The molecule has 1 N–H and O–H groups in total. The fourth-order valence-corrected chi connectivity index (χ4v) is 1.57. The minimum absolute atomic E-state index is 0.0431. The van der Waals surface area contributed by atoms with Crippen LogP contribution in [0.5, 0.6) is 0 Å². The molecule has 1 saturated heterocycles. The van der Waals surface area contributed by atoms with Gasteiger partial charge in [0.2, 0.25) is 5.91 Å².